The monoisotopic (exact) mass is 516 g/mol. The second kappa shape index (κ2) is 13.0. The smallest absolute Gasteiger partial charge is 0.191 e. The number of nitrogens with one attached hydrogen (secondary N) is 2. The van der Waals surface area contributed by atoms with E-state index in [1.165, 1.54) is 5.56 Å². The maximum absolute atomic E-state index is 5.92. The van der Waals surface area contributed by atoms with Crippen LogP contribution in [0.4, 0.5) is 0 Å². The summed E-state index contributed by atoms with van der Waals surface area (Å²) in [6.45, 7) is 6.73. The van der Waals surface area contributed by atoms with Crippen LogP contribution < -0.4 is 15.4 Å². The molecule has 0 aliphatic carbocycles. The van der Waals surface area contributed by atoms with Crippen LogP contribution in [-0.2, 0) is 17.8 Å². The van der Waals surface area contributed by atoms with Crippen LogP contribution in [0.3, 0.4) is 0 Å². The fourth-order valence-electron chi connectivity index (χ4n) is 2.85. The van der Waals surface area contributed by atoms with Gasteiger partial charge in [0.2, 0.25) is 0 Å². The lowest BCUT2D eigenvalue weighted by molar-refractivity contribution is 0.0322. The van der Waals surface area contributed by atoms with Gasteiger partial charge >= 0.3 is 0 Å². The molecule has 2 aromatic rings. The van der Waals surface area contributed by atoms with Crippen LogP contribution in [0.15, 0.2) is 46.1 Å². The minimum Gasteiger partial charge on any atom is -0.492 e. The highest BCUT2D eigenvalue weighted by atomic mass is 127. The summed E-state index contributed by atoms with van der Waals surface area (Å²) in [5.74, 6) is 1.70. The molecule has 0 unspecified atom stereocenters. The third-order valence-electron chi connectivity index (χ3n) is 4.40. The van der Waals surface area contributed by atoms with Crippen molar-refractivity contribution in [2.24, 2.45) is 4.99 Å². The Hall–Kier alpha value is -1.36. The lowest BCUT2D eigenvalue weighted by Gasteiger charge is -2.26. The molecule has 1 aliphatic rings. The number of hydrogen-bond acceptors (Lipinski definition) is 5. The normalized spacial score (nSPS) is 15.0. The zero-order valence-electron chi connectivity index (χ0n) is 16.2. The van der Waals surface area contributed by atoms with Gasteiger partial charge in [0.15, 0.2) is 5.96 Å². The van der Waals surface area contributed by atoms with Crippen LogP contribution in [0.1, 0.15) is 11.1 Å². The highest BCUT2D eigenvalue weighted by Gasteiger charge is 2.09. The number of ether oxygens (including phenoxy) is 2. The number of morpholine rings is 1. The maximum Gasteiger partial charge on any atom is 0.191 e. The Balaban J connectivity index is 0.00000280. The van der Waals surface area contributed by atoms with E-state index in [0.29, 0.717) is 13.2 Å². The zero-order valence-corrected chi connectivity index (χ0v) is 19.4. The molecule has 2 heterocycles. The van der Waals surface area contributed by atoms with E-state index in [1.807, 2.05) is 12.1 Å². The van der Waals surface area contributed by atoms with Crippen molar-refractivity contribution in [1.82, 2.24) is 15.5 Å². The fourth-order valence-corrected chi connectivity index (χ4v) is 3.52. The molecular weight excluding hydrogens is 487 g/mol. The Bertz CT molecular complexity index is 706. The van der Waals surface area contributed by atoms with Gasteiger partial charge in [-0.05, 0) is 40.1 Å². The molecule has 0 radical (unpaired) electrons. The molecule has 6 nitrogen and oxygen atoms in total. The minimum atomic E-state index is 0. The summed E-state index contributed by atoms with van der Waals surface area (Å²) in [5.41, 5.74) is 2.43. The summed E-state index contributed by atoms with van der Waals surface area (Å²) in [7, 11) is 1.79. The number of nitrogens with zero attached hydrogens (tertiary/aromatic N) is 2. The van der Waals surface area contributed by atoms with Crippen LogP contribution in [0.5, 0.6) is 5.75 Å². The molecule has 1 aromatic heterocycles. The molecule has 0 atom stereocenters. The Kier molecular flexibility index (Phi) is 10.6. The van der Waals surface area contributed by atoms with Crippen molar-refractivity contribution in [3.8, 4) is 5.75 Å². The number of hydrogen-bond donors (Lipinski definition) is 2. The summed E-state index contributed by atoms with van der Waals surface area (Å²) in [6.07, 6.45) is 0. The molecular formula is C20H29IN4O2S. The third kappa shape index (κ3) is 7.94. The summed E-state index contributed by atoms with van der Waals surface area (Å²) in [5, 5.41) is 10.9. The predicted molar refractivity (Wildman–Crippen MR) is 126 cm³/mol. The van der Waals surface area contributed by atoms with Gasteiger partial charge in [-0.15, -0.1) is 24.0 Å². The highest BCUT2D eigenvalue weighted by molar-refractivity contribution is 14.0. The van der Waals surface area contributed by atoms with Gasteiger partial charge in [-0.25, -0.2) is 0 Å². The van der Waals surface area contributed by atoms with Gasteiger partial charge in [-0.1, -0.05) is 12.1 Å². The van der Waals surface area contributed by atoms with E-state index in [0.717, 1.165) is 56.7 Å². The van der Waals surface area contributed by atoms with Crippen LogP contribution in [0.25, 0.3) is 0 Å². The largest absolute Gasteiger partial charge is 0.492 e. The number of halogens is 1. The van der Waals surface area contributed by atoms with Crippen LogP contribution in [0.2, 0.25) is 0 Å². The van der Waals surface area contributed by atoms with E-state index in [9.17, 15) is 0 Å². The van der Waals surface area contributed by atoms with Gasteiger partial charge in [0.1, 0.15) is 12.4 Å². The maximum atomic E-state index is 5.92. The predicted octanol–water partition coefficient (Wildman–Crippen LogP) is 2.94. The second-order valence-corrected chi connectivity index (χ2v) is 7.14. The first-order valence-corrected chi connectivity index (χ1v) is 10.3. The van der Waals surface area contributed by atoms with Crippen LogP contribution in [0, 0.1) is 0 Å². The van der Waals surface area contributed by atoms with Gasteiger partial charge in [0.05, 0.1) is 13.2 Å². The molecule has 0 saturated carbocycles. The van der Waals surface area contributed by atoms with Crippen molar-refractivity contribution in [1.29, 1.82) is 0 Å². The van der Waals surface area contributed by atoms with E-state index in [-0.39, 0.29) is 24.0 Å². The lowest BCUT2D eigenvalue weighted by atomic mass is 10.2. The van der Waals surface area contributed by atoms with E-state index in [2.05, 4.69) is 49.5 Å². The van der Waals surface area contributed by atoms with E-state index < -0.39 is 0 Å². The average Bonchev–Trinajstić information content (AvgIpc) is 3.23. The first-order chi connectivity index (χ1) is 13.3. The third-order valence-corrected chi connectivity index (χ3v) is 5.13. The standard InChI is InChI=1S/C20H28N4O2S.HI/c1-21-20(23-15-18-5-12-27-16-18)22-14-17-3-2-4-19(13-17)26-11-8-24-6-9-25-10-7-24;/h2-5,12-13,16H,6-11,14-15H2,1H3,(H2,21,22,23);1H. The Morgan fingerprint density at radius 2 is 1.96 bits per heavy atom. The highest BCUT2D eigenvalue weighted by Crippen LogP contribution is 2.13. The lowest BCUT2D eigenvalue weighted by Crippen LogP contribution is -2.38. The Morgan fingerprint density at radius 1 is 1.18 bits per heavy atom. The summed E-state index contributed by atoms with van der Waals surface area (Å²) in [6, 6.07) is 10.3. The molecule has 1 fully saturated rings. The Labute approximate surface area is 188 Å². The molecule has 0 bridgehead atoms. The molecule has 154 valence electrons. The van der Waals surface area contributed by atoms with Crippen molar-refractivity contribution >= 4 is 41.3 Å². The quantitative estimate of drug-likeness (QED) is 0.321. The molecule has 0 spiro atoms. The molecule has 1 saturated heterocycles. The summed E-state index contributed by atoms with van der Waals surface area (Å²) < 4.78 is 11.3. The second-order valence-electron chi connectivity index (χ2n) is 6.36. The first-order valence-electron chi connectivity index (χ1n) is 9.31. The molecule has 3 rings (SSSR count). The molecule has 2 N–H and O–H groups in total. The zero-order chi connectivity index (χ0) is 18.7. The average molecular weight is 516 g/mol. The summed E-state index contributed by atoms with van der Waals surface area (Å²) >= 11 is 1.70. The van der Waals surface area contributed by atoms with Gasteiger partial charge in [0.25, 0.3) is 0 Å². The van der Waals surface area contributed by atoms with Crippen molar-refractivity contribution in [2.75, 3.05) is 46.5 Å². The fraction of sp³-hybridized carbons (Fsp3) is 0.450. The number of aliphatic imine (C=N–C) groups is 1. The summed E-state index contributed by atoms with van der Waals surface area (Å²) in [4.78, 5) is 6.65. The van der Waals surface area contributed by atoms with Crippen LogP contribution in [-0.4, -0.2) is 57.4 Å². The molecule has 1 aliphatic heterocycles. The molecule has 28 heavy (non-hydrogen) atoms. The molecule has 8 heteroatoms. The van der Waals surface area contributed by atoms with E-state index in [1.54, 1.807) is 18.4 Å². The van der Waals surface area contributed by atoms with E-state index in [4.69, 9.17) is 9.47 Å². The number of benzene rings is 1. The molecule has 0 amide bonds. The topological polar surface area (TPSA) is 58.1 Å². The van der Waals surface area contributed by atoms with Crippen molar-refractivity contribution in [2.45, 2.75) is 13.1 Å². The van der Waals surface area contributed by atoms with E-state index >= 15 is 0 Å². The number of thiophene rings is 1. The van der Waals surface area contributed by atoms with Crippen LogP contribution >= 0.6 is 35.3 Å². The van der Waals surface area contributed by atoms with Gasteiger partial charge < -0.3 is 20.1 Å². The van der Waals surface area contributed by atoms with Crippen molar-refractivity contribution < 1.29 is 9.47 Å². The van der Waals surface area contributed by atoms with Crippen molar-refractivity contribution in [3.63, 3.8) is 0 Å². The van der Waals surface area contributed by atoms with Crippen molar-refractivity contribution in [3.05, 3.63) is 52.2 Å². The SMILES string of the molecule is CN=C(NCc1ccsc1)NCc1cccc(OCCN2CCOCC2)c1.I. The molecule has 1 aromatic carbocycles. The number of rotatable bonds is 8. The van der Waals surface area contributed by atoms with Gasteiger partial charge in [0, 0.05) is 39.8 Å². The van der Waals surface area contributed by atoms with Gasteiger partial charge in [-0.2, -0.15) is 11.3 Å². The van der Waals surface area contributed by atoms with Gasteiger partial charge in [-0.3, -0.25) is 9.89 Å². The number of guanidine groups is 1. The first kappa shape index (κ1) is 22.9. The minimum absolute atomic E-state index is 0. The Morgan fingerprint density at radius 3 is 2.68 bits per heavy atom.